The molecule has 0 spiro atoms. The van der Waals surface area contributed by atoms with Crippen molar-refractivity contribution < 1.29 is 29.9 Å². The highest BCUT2D eigenvalue weighted by Crippen LogP contribution is 2.05. The lowest BCUT2D eigenvalue weighted by Gasteiger charge is -2.16. The van der Waals surface area contributed by atoms with Gasteiger partial charge in [0.2, 0.25) is 5.91 Å². The zero-order valence-corrected chi connectivity index (χ0v) is 10.5. The number of carboxylic acids is 1. The number of hydrogen-bond donors (Lipinski definition) is 4. The summed E-state index contributed by atoms with van der Waals surface area (Å²) in [6.45, 7) is 3.68. The van der Waals surface area contributed by atoms with Crippen molar-refractivity contribution in [3.63, 3.8) is 0 Å². The molecule has 8 heteroatoms. The standard InChI is InChI=1S/C10H20N2O6/c1-7(2)6-8(10(14)15)11-9(13)4-3-5-18-12(16)17/h7-8,16-17H,3-6H2,1-2H3,(H,11,13)(H,14,15). The third-order valence-electron chi connectivity index (χ3n) is 2.10. The van der Waals surface area contributed by atoms with E-state index in [0.29, 0.717) is 6.42 Å². The molecular weight excluding hydrogens is 244 g/mol. The fourth-order valence-corrected chi connectivity index (χ4v) is 1.34. The number of carbonyl (C=O) groups excluding carboxylic acids is 1. The van der Waals surface area contributed by atoms with Gasteiger partial charge in [-0.25, -0.2) is 4.79 Å². The Kier molecular flexibility index (Phi) is 8.21. The fraction of sp³-hybridized carbons (Fsp3) is 0.800. The van der Waals surface area contributed by atoms with E-state index in [0.717, 1.165) is 0 Å². The van der Waals surface area contributed by atoms with E-state index in [2.05, 4.69) is 10.2 Å². The molecule has 0 rings (SSSR count). The highest BCUT2D eigenvalue weighted by atomic mass is 17.1. The van der Waals surface area contributed by atoms with Crippen molar-refractivity contribution >= 4 is 11.9 Å². The van der Waals surface area contributed by atoms with Crippen LogP contribution in [0.25, 0.3) is 0 Å². The number of nitrogens with zero attached hydrogens (tertiary/aromatic N) is 1. The summed E-state index contributed by atoms with van der Waals surface area (Å²) in [5, 5.41) is 27.3. The predicted octanol–water partition coefficient (Wildman–Crippen LogP) is 0.394. The Balaban J connectivity index is 3.92. The van der Waals surface area contributed by atoms with Crippen molar-refractivity contribution in [3.8, 4) is 0 Å². The second-order valence-corrected chi connectivity index (χ2v) is 4.28. The second kappa shape index (κ2) is 8.81. The quantitative estimate of drug-likeness (QED) is 0.351. The number of nitrogens with one attached hydrogen (secondary N) is 1. The van der Waals surface area contributed by atoms with Crippen molar-refractivity contribution in [2.24, 2.45) is 5.92 Å². The zero-order valence-electron chi connectivity index (χ0n) is 10.5. The topological polar surface area (TPSA) is 119 Å². The van der Waals surface area contributed by atoms with Crippen LogP contribution in [0.1, 0.15) is 33.1 Å². The van der Waals surface area contributed by atoms with E-state index in [1.165, 1.54) is 0 Å². The molecular formula is C10H20N2O6. The van der Waals surface area contributed by atoms with Crippen molar-refractivity contribution in [1.29, 1.82) is 0 Å². The van der Waals surface area contributed by atoms with E-state index in [1.54, 1.807) is 0 Å². The van der Waals surface area contributed by atoms with Crippen LogP contribution in [0.5, 0.6) is 0 Å². The van der Waals surface area contributed by atoms with Gasteiger partial charge in [0.15, 0.2) is 0 Å². The third-order valence-corrected chi connectivity index (χ3v) is 2.10. The van der Waals surface area contributed by atoms with Gasteiger partial charge in [-0.15, -0.1) is 0 Å². The molecule has 4 N–H and O–H groups in total. The molecule has 0 saturated carbocycles. The smallest absolute Gasteiger partial charge is 0.326 e. The monoisotopic (exact) mass is 264 g/mol. The highest BCUT2D eigenvalue weighted by Gasteiger charge is 2.20. The molecule has 1 amide bonds. The van der Waals surface area contributed by atoms with Crippen LogP contribution in [0, 0.1) is 5.92 Å². The third kappa shape index (κ3) is 8.88. The van der Waals surface area contributed by atoms with Gasteiger partial charge in [0.25, 0.3) is 0 Å². The molecule has 0 bridgehead atoms. The Morgan fingerprint density at radius 2 is 1.94 bits per heavy atom. The van der Waals surface area contributed by atoms with E-state index in [4.69, 9.17) is 15.5 Å². The Labute approximate surface area is 105 Å². The molecule has 1 atom stereocenters. The van der Waals surface area contributed by atoms with Gasteiger partial charge in [0.05, 0.1) is 12.0 Å². The number of carboxylic acid groups (broad SMARTS) is 1. The van der Waals surface area contributed by atoms with Crippen molar-refractivity contribution in [1.82, 2.24) is 10.7 Å². The van der Waals surface area contributed by atoms with E-state index < -0.39 is 23.3 Å². The summed E-state index contributed by atoms with van der Waals surface area (Å²) in [5.41, 5.74) is 0. The molecule has 106 valence electrons. The summed E-state index contributed by atoms with van der Waals surface area (Å²) < 4.78 is 0. The molecule has 0 aliphatic rings. The van der Waals surface area contributed by atoms with Gasteiger partial charge in [-0.1, -0.05) is 13.8 Å². The van der Waals surface area contributed by atoms with Crippen LogP contribution in [-0.4, -0.2) is 45.4 Å². The van der Waals surface area contributed by atoms with Crippen molar-refractivity contribution in [2.45, 2.75) is 39.2 Å². The van der Waals surface area contributed by atoms with Gasteiger partial charge in [-0.05, 0) is 18.8 Å². The van der Waals surface area contributed by atoms with Gasteiger partial charge in [-0.3, -0.25) is 20.0 Å². The summed E-state index contributed by atoms with van der Waals surface area (Å²) in [6.07, 6.45) is 0.659. The minimum absolute atomic E-state index is 0.0513. The van der Waals surface area contributed by atoms with Crippen LogP contribution in [-0.2, 0) is 14.4 Å². The van der Waals surface area contributed by atoms with E-state index in [-0.39, 0.29) is 25.4 Å². The minimum Gasteiger partial charge on any atom is -0.480 e. The maximum absolute atomic E-state index is 11.4. The van der Waals surface area contributed by atoms with Crippen LogP contribution in [0.3, 0.4) is 0 Å². The first kappa shape index (κ1) is 16.8. The number of hydrogen-bond acceptors (Lipinski definition) is 6. The van der Waals surface area contributed by atoms with Crippen LogP contribution in [0.15, 0.2) is 0 Å². The molecule has 1 unspecified atom stereocenters. The van der Waals surface area contributed by atoms with Gasteiger partial charge < -0.3 is 10.4 Å². The maximum atomic E-state index is 11.4. The lowest BCUT2D eigenvalue weighted by Crippen LogP contribution is -2.41. The van der Waals surface area contributed by atoms with Crippen molar-refractivity contribution in [2.75, 3.05) is 6.61 Å². The van der Waals surface area contributed by atoms with E-state index in [9.17, 15) is 9.59 Å². The summed E-state index contributed by atoms with van der Waals surface area (Å²) in [6, 6.07) is -0.898. The Hall–Kier alpha value is -1.22. The molecule has 0 aromatic carbocycles. The zero-order chi connectivity index (χ0) is 14.1. The molecule has 8 nitrogen and oxygen atoms in total. The largest absolute Gasteiger partial charge is 0.480 e. The molecule has 0 aliphatic carbocycles. The number of aliphatic carboxylic acids is 1. The number of rotatable bonds is 9. The van der Waals surface area contributed by atoms with E-state index >= 15 is 0 Å². The molecule has 0 radical (unpaired) electrons. The minimum atomic E-state index is -1.06. The van der Waals surface area contributed by atoms with Gasteiger partial charge >= 0.3 is 5.97 Å². The average molecular weight is 264 g/mol. The lowest BCUT2D eigenvalue weighted by atomic mass is 10.0. The van der Waals surface area contributed by atoms with E-state index in [1.807, 2.05) is 13.8 Å². The first-order chi connectivity index (χ1) is 8.32. The Bertz CT molecular complexity index is 269. The summed E-state index contributed by atoms with van der Waals surface area (Å²) >= 11 is 0. The Morgan fingerprint density at radius 3 is 2.39 bits per heavy atom. The molecule has 0 fully saturated rings. The molecule has 0 heterocycles. The molecule has 0 aromatic heterocycles. The summed E-state index contributed by atoms with van der Waals surface area (Å²) in [5.74, 6) is -1.31. The maximum Gasteiger partial charge on any atom is 0.326 e. The van der Waals surface area contributed by atoms with Gasteiger partial charge in [0.1, 0.15) is 6.04 Å². The first-order valence-electron chi connectivity index (χ1n) is 5.66. The number of carbonyl (C=O) groups is 2. The molecule has 18 heavy (non-hydrogen) atoms. The van der Waals surface area contributed by atoms with Crippen LogP contribution in [0.4, 0.5) is 0 Å². The molecule has 0 aromatic rings. The average Bonchev–Trinajstić information content (AvgIpc) is 2.22. The second-order valence-electron chi connectivity index (χ2n) is 4.28. The fourth-order valence-electron chi connectivity index (χ4n) is 1.34. The van der Waals surface area contributed by atoms with Crippen LogP contribution >= 0.6 is 0 Å². The normalized spacial score (nSPS) is 12.8. The van der Waals surface area contributed by atoms with Gasteiger partial charge in [0, 0.05) is 6.42 Å². The number of amides is 1. The summed E-state index contributed by atoms with van der Waals surface area (Å²) in [4.78, 5) is 26.6. The SMILES string of the molecule is CC(C)CC(NC(=O)CCCON(O)O)C(=O)O. The first-order valence-corrected chi connectivity index (χ1v) is 5.66. The van der Waals surface area contributed by atoms with Crippen molar-refractivity contribution in [3.05, 3.63) is 0 Å². The Morgan fingerprint density at radius 1 is 1.33 bits per heavy atom. The van der Waals surface area contributed by atoms with Crippen LogP contribution in [0.2, 0.25) is 0 Å². The molecule has 0 saturated heterocycles. The van der Waals surface area contributed by atoms with Crippen LogP contribution < -0.4 is 5.32 Å². The van der Waals surface area contributed by atoms with Gasteiger partial charge in [-0.2, -0.15) is 0 Å². The highest BCUT2D eigenvalue weighted by molar-refractivity contribution is 5.83. The predicted molar refractivity (Wildman–Crippen MR) is 59.6 cm³/mol. The summed E-state index contributed by atoms with van der Waals surface area (Å²) in [7, 11) is 0. The lowest BCUT2D eigenvalue weighted by molar-refractivity contribution is -0.492. The molecule has 0 aliphatic heterocycles.